The molecule has 0 aromatic carbocycles. The lowest BCUT2D eigenvalue weighted by Gasteiger charge is -2.32. The van der Waals surface area contributed by atoms with Crippen LogP contribution in [0, 0.1) is 6.92 Å². The molecule has 1 saturated heterocycles. The third-order valence-electron chi connectivity index (χ3n) is 2.72. The Hall–Kier alpha value is -1.69. The number of carbonyl (C=O) groups is 1. The number of morpholine rings is 1. The molecule has 0 spiro atoms. The van der Waals surface area contributed by atoms with Crippen molar-refractivity contribution in [2.24, 2.45) is 0 Å². The molecule has 0 bridgehead atoms. The van der Waals surface area contributed by atoms with E-state index in [0.717, 1.165) is 18.1 Å². The minimum absolute atomic E-state index is 0.0968. The zero-order valence-electron chi connectivity index (χ0n) is 10.0. The number of anilines is 1. The Bertz CT molecular complexity index is 410. The lowest BCUT2D eigenvalue weighted by molar-refractivity contribution is -0.132. The summed E-state index contributed by atoms with van der Waals surface area (Å²) in [4.78, 5) is 21.8. The zero-order chi connectivity index (χ0) is 12.3. The first-order valence-electron chi connectivity index (χ1n) is 5.57. The van der Waals surface area contributed by atoms with E-state index in [1.54, 1.807) is 7.05 Å². The molecule has 1 atom stereocenters. The summed E-state index contributed by atoms with van der Waals surface area (Å²) in [5.74, 6) is 0.746. The van der Waals surface area contributed by atoms with E-state index in [1.165, 1.54) is 6.33 Å². The van der Waals surface area contributed by atoms with E-state index >= 15 is 0 Å². The first-order valence-corrected chi connectivity index (χ1v) is 5.57. The maximum atomic E-state index is 11.5. The second-order valence-electron chi connectivity index (χ2n) is 3.94. The highest BCUT2D eigenvalue weighted by atomic mass is 16.5. The quantitative estimate of drug-likeness (QED) is 0.766. The molecule has 0 aliphatic carbocycles. The van der Waals surface area contributed by atoms with Gasteiger partial charge in [-0.3, -0.25) is 4.79 Å². The number of aromatic nitrogens is 2. The summed E-state index contributed by atoms with van der Waals surface area (Å²) in [5, 5.41) is 2.59. The van der Waals surface area contributed by atoms with Gasteiger partial charge in [0.05, 0.1) is 13.2 Å². The Kier molecular flexibility index (Phi) is 3.53. The van der Waals surface area contributed by atoms with Crippen molar-refractivity contribution in [2.45, 2.75) is 13.0 Å². The van der Waals surface area contributed by atoms with Crippen LogP contribution in [-0.2, 0) is 9.53 Å². The van der Waals surface area contributed by atoms with Gasteiger partial charge in [0.2, 0.25) is 0 Å². The van der Waals surface area contributed by atoms with Gasteiger partial charge in [0.25, 0.3) is 5.91 Å². The largest absolute Gasteiger partial charge is 0.365 e. The minimum Gasteiger partial charge on any atom is -0.365 e. The number of hydrogen-bond donors (Lipinski definition) is 1. The predicted octanol–water partition coefficient (Wildman–Crippen LogP) is -0.264. The van der Waals surface area contributed by atoms with E-state index in [9.17, 15) is 4.79 Å². The summed E-state index contributed by atoms with van der Waals surface area (Å²) in [6, 6.07) is 1.91. The number of likely N-dealkylation sites (N-methyl/N-ethyl adjacent to an activating group) is 1. The molecule has 0 unspecified atom stereocenters. The van der Waals surface area contributed by atoms with Crippen LogP contribution in [0.1, 0.15) is 5.69 Å². The number of aryl methyl sites for hydroxylation is 1. The fourth-order valence-corrected chi connectivity index (χ4v) is 1.79. The zero-order valence-corrected chi connectivity index (χ0v) is 10.0. The predicted molar refractivity (Wildman–Crippen MR) is 62.8 cm³/mol. The van der Waals surface area contributed by atoms with Gasteiger partial charge in [-0.25, -0.2) is 9.97 Å². The van der Waals surface area contributed by atoms with E-state index in [4.69, 9.17) is 4.74 Å². The van der Waals surface area contributed by atoms with E-state index in [2.05, 4.69) is 15.3 Å². The van der Waals surface area contributed by atoms with Crippen LogP contribution in [0.2, 0.25) is 0 Å². The maximum absolute atomic E-state index is 11.5. The fraction of sp³-hybridized carbons (Fsp3) is 0.545. The fourth-order valence-electron chi connectivity index (χ4n) is 1.79. The van der Waals surface area contributed by atoms with Gasteiger partial charge in [0.1, 0.15) is 12.1 Å². The van der Waals surface area contributed by atoms with Gasteiger partial charge in [0.15, 0.2) is 6.10 Å². The minimum atomic E-state index is -0.427. The SMILES string of the molecule is CNC(=O)[C@H]1CN(c2cc(C)ncn2)CCO1. The normalized spacial score (nSPS) is 20.1. The number of rotatable bonds is 2. The molecule has 1 aliphatic rings. The van der Waals surface area contributed by atoms with E-state index in [0.29, 0.717) is 13.2 Å². The number of amides is 1. The monoisotopic (exact) mass is 236 g/mol. The molecule has 92 valence electrons. The van der Waals surface area contributed by atoms with Crippen molar-refractivity contribution >= 4 is 11.7 Å². The average Bonchev–Trinajstić information content (AvgIpc) is 2.38. The molecule has 0 saturated carbocycles. The Balaban J connectivity index is 2.09. The third-order valence-corrected chi connectivity index (χ3v) is 2.72. The lowest BCUT2D eigenvalue weighted by atomic mass is 10.2. The molecular formula is C11H16N4O2. The highest BCUT2D eigenvalue weighted by Gasteiger charge is 2.26. The van der Waals surface area contributed by atoms with Crippen LogP contribution in [0.4, 0.5) is 5.82 Å². The van der Waals surface area contributed by atoms with Crippen molar-refractivity contribution in [1.29, 1.82) is 0 Å². The first kappa shape index (κ1) is 11.8. The first-order chi connectivity index (χ1) is 8.20. The van der Waals surface area contributed by atoms with Crippen LogP contribution in [0.5, 0.6) is 0 Å². The van der Waals surface area contributed by atoms with Crippen molar-refractivity contribution in [2.75, 3.05) is 31.6 Å². The molecule has 1 fully saturated rings. The summed E-state index contributed by atoms with van der Waals surface area (Å²) < 4.78 is 5.42. The van der Waals surface area contributed by atoms with Crippen LogP contribution < -0.4 is 10.2 Å². The highest BCUT2D eigenvalue weighted by Crippen LogP contribution is 2.15. The number of hydrogen-bond acceptors (Lipinski definition) is 5. The lowest BCUT2D eigenvalue weighted by Crippen LogP contribution is -2.49. The van der Waals surface area contributed by atoms with Gasteiger partial charge < -0.3 is 15.0 Å². The summed E-state index contributed by atoms with van der Waals surface area (Å²) in [6.07, 6.45) is 1.11. The van der Waals surface area contributed by atoms with Gasteiger partial charge in [-0.05, 0) is 6.92 Å². The van der Waals surface area contributed by atoms with Crippen molar-refractivity contribution < 1.29 is 9.53 Å². The second kappa shape index (κ2) is 5.09. The van der Waals surface area contributed by atoms with Gasteiger partial charge in [0, 0.05) is 25.4 Å². The molecule has 1 aromatic heterocycles. The number of nitrogens with zero attached hydrogens (tertiary/aromatic N) is 3. The van der Waals surface area contributed by atoms with Gasteiger partial charge in [-0.1, -0.05) is 0 Å². The Morgan fingerprint density at radius 2 is 2.41 bits per heavy atom. The second-order valence-corrected chi connectivity index (χ2v) is 3.94. The maximum Gasteiger partial charge on any atom is 0.250 e. The Morgan fingerprint density at radius 1 is 1.59 bits per heavy atom. The van der Waals surface area contributed by atoms with Crippen LogP contribution in [0.3, 0.4) is 0 Å². The molecule has 2 rings (SSSR count). The molecule has 17 heavy (non-hydrogen) atoms. The molecule has 1 amide bonds. The van der Waals surface area contributed by atoms with Crippen molar-refractivity contribution in [3.05, 3.63) is 18.1 Å². The summed E-state index contributed by atoms with van der Waals surface area (Å²) >= 11 is 0. The van der Waals surface area contributed by atoms with Crippen molar-refractivity contribution in [3.63, 3.8) is 0 Å². The third kappa shape index (κ3) is 2.71. The van der Waals surface area contributed by atoms with Crippen LogP contribution in [0.15, 0.2) is 12.4 Å². The topological polar surface area (TPSA) is 67.4 Å². The molecule has 0 radical (unpaired) electrons. The number of carbonyl (C=O) groups excluding carboxylic acids is 1. The molecule has 1 aliphatic heterocycles. The van der Waals surface area contributed by atoms with Crippen molar-refractivity contribution in [3.8, 4) is 0 Å². The molecule has 1 aromatic rings. The smallest absolute Gasteiger partial charge is 0.250 e. The van der Waals surface area contributed by atoms with Crippen LogP contribution in [-0.4, -0.2) is 48.7 Å². The molecule has 1 N–H and O–H groups in total. The highest BCUT2D eigenvalue weighted by molar-refractivity contribution is 5.81. The van der Waals surface area contributed by atoms with E-state index < -0.39 is 6.10 Å². The number of ether oxygens (including phenoxy) is 1. The Labute approximate surface area is 100 Å². The summed E-state index contributed by atoms with van der Waals surface area (Å²) in [6.45, 7) is 3.71. The van der Waals surface area contributed by atoms with E-state index in [1.807, 2.05) is 17.9 Å². The molecular weight excluding hydrogens is 220 g/mol. The van der Waals surface area contributed by atoms with E-state index in [-0.39, 0.29) is 5.91 Å². The van der Waals surface area contributed by atoms with Gasteiger partial charge in [-0.2, -0.15) is 0 Å². The van der Waals surface area contributed by atoms with Crippen molar-refractivity contribution in [1.82, 2.24) is 15.3 Å². The number of nitrogens with one attached hydrogen (secondary N) is 1. The molecule has 2 heterocycles. The van der Waals surface area contributed by atoms with Crippen LogP contribution in [0.25, 0.3) is 0 Å². The molecule has 6 heteroatoms. The van der Waals surface area contributed by atoms with Gasteiger partial charge >= 0.3 is 0 Å². The van der Waals surface area contributed by atoms with Gasteiger partial charge in [-0.15, -0.1) is 0 Å². The average molecular weight is 236 g/mol. The Morgan fingerprint density at radius 3 is 3.12 bits per heavy atom. The molecule has 6 nitrogen and oxygen atoms in total. The summed E-state index contributed by atoms with van der Waals surface area (Å²) in [7, 11) is 1.61. The standard InChI is InChI=1S/C11H16N4O2/c1-8-5-10(14-7-13-8)15-3-4-17-9(6-15)11(16)12-2/h5,7,9H,3-4,6H2,1-2H3,(H,12,16)/t9-/m1/s1. The summed E-state index contributed by atoms with van der Waals surface area (Å²) in [5.41, 5.74) is 0.915. The van der Waals surface area contributed by atoms with Crippen LogP contribution >= 0.6 is 0 Å².